The maximum absolute atomic E-state index is 12.2. The van der Waals surface area contributed by atoms with Crippen molar-refractivity contribution >= 4 is 5.78 Å². The van der Waals surface area contributed by atoms with Crippen molar-refractivity contribution < 1.29 is 4.79 Å². The number of rotatable bonds is 2. The van der Waals surface area contributed by atoms with Gasteiger partial charge in [-0.05, 0) is 50.4 Å². The summed E-state index contributed by atoms with van der Waals surface area (Å²) in [5.74, 6) is 2.75. The average molecular weight is 190 g/mol. The van der Waals surface area contributed by atoms with Gasteiger partial charge in [-0.2, -0.15) is 0 Å². The minimum Gasteiger partial charge on any atom is -0.299 e. The minimum atomic E-state index is 0.0521. The zero-order valence-corrected chi connectivity index (χ0v) is 8.67. The summed E-state index contributed by atoms with van der Waals surface area (Å²) >= 11 is 0. The molecule has 76 valence electrons. The van der Waals surface area contributed by atoms with Crippen molar-refractivity contribution in [3.05, 3.63) is 12.7 Å². The van der Waals surface area contributed by atoms with Crippen molar-refractivity contribution in [2.45, 2.75) is 38.5 Å². The van der Waals surface area contributed by atoms with Crippen molar-refractivity contribution in [3.8, 4) is 0 Å². The molecule has 0 saturated heterocycles. The summed E-state index contributed by atoms with van der Waals surface area (Å²) in [6, 6.07) is 0. The Bertz CT molecular complexity index is 278. The van der Waals surface area contributed by atoms with Crippen molar-refractivity contribution in [3.63, 3.8) is 0 Å². The lowest BCUT2D eigenvalue weighted by atomic mass is 9.48. The fraction of sp³-hybridized carbons (Fsp3) is 0.769. The van der Waals surface area contributed by atoms with Crippen LogP contribution in [0.25, 0.3) is 0 Å². The van der Waals surface area contributed by atoms with Crippen LogP contribution in [0, 0.1) is 23.2 Å². The second-order valence-electron chi connectivity index (χ2n) is 5.68. The summed E-state index contributed by atoms with van der Waals surface area (Å²) in [5, 5.41) is 0. The maximum Gasteiger partial charge on any atom is 0.142 e. The lowest BCUT2D eigenvalue weighted by Crippen LogP contribution is -2.53. The van der Waals surface area contributed by atoms with E-state index in [9.17, 15) is 4.79 Å². The van der Waals surface area contributed by atoms with E-state index in [4.69, 9.17) is 0 Å². The Balaban J connectivity index is 1.97. The van der Waals surface area contributed by atoms with Crippen LogP contribution in [0.1, 0.15) is 38.5 Å². The van der Waals surface area contributed by atoms with Crippen molar-refractivity contribution in [2.75, 3.05) is 0 Å². The van der Waals surface area contributed by atoms with Gasteiger partial charge in [-0.15, -0.1) is 6.58 Å². The second kappa shape index (κ2) is 2.71. The molecule has 0 radical (unpaired) electrons. The lowest BCUT2D eigenvalue weighted by Gasteiger charge is -2.55. The van der Waals surface area contributed by atoms with Gasteiger partial charge < -0.3 is 0 Å². The predicted molar refractivity (Wildman–Crippen MR) is 55.8 cm³/mol. The predicted octanol–water partition coefficient (Wildman–Crippen LogP) is 2.96. The first-order chi connectivity index (χ1) is 6.73. The van der Waals surface area contributed by atoms with Gasteiger partial charge in [0.25, 0.3) is 0 Å². The van der Waals surface area contributed by atoms with Gasteiger partial charge in [0.15, 0.2) is 0 Å². The number of hydrogen-bond donors (Lipinski definition) is 0. The normalized spacial score (nSPS) is 49.7. The third-order valence-electron chi connectivity index (χ3n) is 4.69. The van der Waals surface area contributed by atoms with Gasteiger partial charge in [0.05, 0.1) is 0 Å². The summed E-state index contributed by atoms with van der Waals surface area (Å²) in [6.45, 7) is 3.82. The van der Waals surface area contributed by atoms with Gasteiger partial charge in [0.1, 0.15) is 5.78 Å². The highest BCUT2D eigenvalue weighted by Gasteiger charge is 2.55. The van der Waals surface area contributed by atoms with Crippen LogP contribution in [0.4, 0.5) is 0 Å². The molecule has 4 aliphatic rings. The van der Waals surface area contributed by atoms with Gasteiger partial charge in [0, 0.05) is 11.3 Å². The molecule has 4 bridgehead atoms. The monoisotopic (exact) mass is 190 g/mol. The van der Waals surface area contributed by atoms with Crippen LogP contribution < -0.4 is 0 Å². The van der Waals surface area contributed by atoms with Gasteiger partial charge in [-0.1, -0.05) is 6.08 Å². The highest BCUT2D eigenvalue weighted by atomic mass is 16.1. The van der Waals surface area contributed by atoms with Crippen LogP contribution in [0.15, 0.2) is 12.7 Å². The molecule has 0 aromatic carbocycles. The zero-order chi connectivity index (χ0) is 9.76. The molecule has 0 aliphatic heterocycles. The highest BCUT2D eigenvalue weighted by molar-refractivity contribution is 5.89. The van der Waals surface area contributed by atoms with E-state index in [1.165, 1.54) is 32.1 Å². The SMILES string of the molecule is C=CCC12C[C@@H]3CC(C[C@@H](C3)C1)C2=O. The largest absolute Gasteiger partial charge is 0.299 e. The van der Waals surface area contributed by atoms with Gasteiger partial charge in [-0.3, -0.25) is 4.79 Å². The molecule has 2 unspecified atom stereocenters. The molecular formula is C13H18O. The first-order valence-corrected chi connectivity index (χ1v) is 5.89. The van der Waals surface area contributed by atoms with Crippen molar-refractivity contribution in [1.82, 2.24) is 0 Å². The van der Waals surface area contributed by atoms with Crippen molar-refractivity contribution in [1.29, 1.82) is 0 Å². The van der Waals surface area contributed by atoms with Gasteiger partial charge in [-0.25, -0.2) is 0 Å². The van der Waals surface area contributed by atoms with E-state index < -0.39 is 0 Å². The standard InChI is InChI=1S/C13H18O/c1-2-3-13-7-9-4-10(8-13)6-11(5-9)12(13)14/h2,9-11H,1,3-8H2/t9-,10+,11?,13?. The Kier molecular flexibility index (Phi) is 1.68. The molecule has 4 saturated carbocycles. The van der Waals surface area contributed by atoms with E-state index in [-0.39, 0.29) is 5.41 Å². The van der Waals surface area contributed by atoms with E-state index >= 15 is 0 Å². The zero-order valence-electron chi connectivity index (χ0n) is 8.67. The quantitative estimate of drug-likeness (QED) is 0.612. The van der Waals surface area contributed by atoms with E-state index in [1.54, 1.807) is 0 Å². The molecule has 0 spiro atoms. The minimum absolute atomic E-state index is 0.0521. The van der Waals surface area contributed by atoms with Crippen molar-refractivity contribution in [2.24, 2.45) is 23.2 Å². The third kappa shape index (κ3) is 0.986. The van der Waals surface area contributed by atoms with E-state index in [0.29, 0.717) is 11.7 Å². The molecule has 4 atom stereocenters. The third-order valence-corrected chi connectivity index (χ3v) is 4.69. The number of Topliss-reactive ketones (excluding diaryl/α,β-unsaturated/α-hetero) is 1. The Hall–Kier alpha value is -0.590. The van der Waals surface area contributed by atoms with Crippen LogP contribution in [0.3, 0.4) is 0 Å². The second-order valence-corrected chi connectivity index (χ2v) is 5.68. The molecule has 0 aromatic rings. The number of carbonyl (C=O) groups excluding carboxylic acids is 1. The lowest BCUT2D eigenvalue weighted by molar-refractivity contribution is -0.152. The molecule has 0 aromatic heterocycles. The van der Waals surface area contributed by atoms with Gasteiger partial charge in [0.2, 0.25) is 0 Å². The van der Waals surface area contributed by atoms with Crippen LogP contribution >= 0.6 is 0 Å². The molecule has 0 amide bonds. The Morgan fingerprint density at radius 3 is 2.50 bits per heavy atom. The maximum atomic E-state index is 12.2. The van der Waals surface area contributed by atoms with Crippen LogP contribution in [0.5, 0.6) is 0 Å². The number of carbonyl (C=O) groups is 1. The molecule has 0 N–H and O–H groups in total. The number of ketones is 1. The first kappa shape index (κ1) is 8.70. The summed E-state index contributed by atoms with van der Waals surface area (Å²) < 4.78 is 0. The topological polar surface area (TPSA) is 17.1 Å². The summed E-state index contributed by atoms with van der Waals surface area (Å²) in [4.78, 5) is 12.2. The highest BCUT2D eigenvalue weighted by Crippen LogP contribution is 2.59. The van der Waals surface area contributed by atoms with E-state index in [1.807, 2.05) is 6.08 Å². The molecule has 4 aliphatic carbocycles. The van der Waals surface area contributed by atoms with E-state index in [0.717, 1.165) is 18.3 Å². The van der Waals surface area contributed by atoms with Crippen LogP contribution in [-0.4, -0.2) is 5.78 Å². The molecule has 4 fully saturated rings. The number of hydrogen-bond acceptors (Lipinski definition) is 1. The van der Waals surface area contributed by atoms with E-state index in [2.05, 4.69) is 6.58 Å². The molecule has 14 heavy (non-hydrogen) atoms. The first-order valence-electron chi connectivity index (χ1n) is 5.89. The Morgan fingerprint density at radius 2 is 1.93 bits per heavy atom. The summed E-state index contributed by atoms with van der Waals surface area (Å²) in [6.07, 6.45) is 9.06. The Morgan fingerprint density at radius 1 is 1.29 bits per heavy atom. The summed E-state index contributed by atoms with van der Waals surface area (Å²) in [5.41, 5.74) is 0.0521. The molecular weight excluding hydrogens is 172 g/mol. The smallest absolute Gasteiger partial charge is 0.142 e. The average Bonchev–Trinajstić information content (AvgIpc) is 2.13. The fourth-order valence-electron chi connectivity index (χ4n) is 4.48. The molecule has 1 heteroatoms. The molecule has 4 rings (SSSR count). The molecule has 0 heterocycles. The number of allylic oxidation sites excluding steroid dienone is 1. The van der Waals surface area contributed by atoms with Crippen LogP contribution in [0.2, 0.25) is 0 Å². The van der Waals surface area contributed by atoms with Gasteiger partial charge >= 0.3 is 0 Å². The van der Waals surface area contributed by atoms with Crippen LogP contribution in [-0.2, 0) is 4.79 Å². The Labute approximate surface area is 85.6 Å². The summed E-state index contributed by atoms with van der Waals surface area (Å²) in [7, 11) is 0. The molecule has 1 nitrogen and oxygen atoms in total. The fourth-order valence-corrected chi connectivity index (χ4v) is 4.48.